The Bertz CT molecular complexity index is 1270. The first-order valence-corrected chi connectivity index (χ1v) is 10.2. The Hall–Kier alpha value is -3.66. The molecule has 0 radical (unpaired) electrons. The molecule has 0 spiro atoms. The number of sulfonamides is 1. The highest BCUT2D eigenvalue weighted by Crippen LogP contribution is 2.25. The summed E-state index contributed by atoms with van der Waals surface area (Å²) in [6.07, 6.45) is 3.30. The van der Waals surface area contributed by atoms with Gasteiger partial charge in [0.25, 0.3) is 10.0 Å². The molecule has 2 heterocycles. The van der Waals surface area contributed by atoms with E-state index in [9.17, 15) is 17.2 Å². The number of rotatable bonds is 6. The van der Waals surface area contributed by atoms with Crippen molar-refractivity contribution in [2.45, 2.75) is 11.3 Å². The molecule has 7 nitrogen and oxygen atoms in total. The van der Waals surface area contributed by atoms with E-state index in [1.807, 2.05) is 0 Å². The first-order valence-electron chi connectivity index (χ1n) is 8.72. The molecule has 4 rings (SSSR count). The predicted octanol–water partition coefficient (Wildman–Crippen LogP) is 3.80. The third kappa shape index (κ3) is 4.03. The number of nitrogens with zero attached hydrogens (tertiary/aromatic N) is 3. The summed E-state index contributed by atoms with van der Waals surface area (Å²) in [6, 6.07) is 12.7. The zero-order valence-electron chi connectivity index (χ0n) is 15.3. The van der Waals surface area contributed by atoms with Crippen molar-refractivity contribution < 1.29 is 21.7 Å². The average molecular weight is 428 g/mol. The van der Waals surface area contributed by atoms with Gasteiger partial charge in [-0.25, -0.2) is 17.2 Å². The minimum absolute atomic E-state index is 0.108. The second-order valence-electron chi connectivity index (χ2n) is 6.24. The third-order valence-electron chi connectivity index (χ3n) is 4.20. The van der Waals surface area contributed by atoms with E-state index in [-0.39, 0.29) is 18.0 Å². The summed E-state index contributed by atoms with van der Waals surface area (Å²) in [5.41, 5.74) is 1.34. The van der Waals surface area contributed by atoms with Gasteiger partial charge < -0.3 is 4.52 Å². The van der Waals surface area contributed by atoms with Crippen molar-refractivity contribution >= 4 is 15.7 Å². The first-order chi connectivity index (χ1) is 14.4. The molecule has 0 fully saturated rings. The lowest BCUT2D eigenvalue weighted by atomic mass is 10.1. The van der Waals surface area contributed by atoms with E-state index in [4.69, 9.17) is 4.52 Å². The Balaban J connectivity index is 1.62. The molecular formula is C20H14F2N4O3S. The van der Waals surface area contributed by atoms with E-state index >= 15 is 0 Å². The van der Waals surface area contributed by atoms with Gasteiger partial charge >= 0.3 is 0 Å². The van der Waals surface area contributed by atoms with Gasteiger partial charge in [-0.1, -0.05) is 29.4 Å². The van der Waals surface area contributed by atoms with Crippen molar-refractivity contribution in [1.29, 1.82) is 0 Å². The molecule has 2 aromatic carbocycles. The average Bonchev–Trinajstić information content (AvgIpc) is 3.18. The molecule has 1 N–H and O–H groups in total. The summed E-state index contributed by atoms with van der Waals surface area (Å²) in [5.74, 6) is -1.76. The molecule has 0 amide bonds. The van der Waals surface area contributed by atoms with Crippen molar-refractivity contribution in [1.82, 2.24) is 15.1 Å². The maximum absolute atomic E-state index is 14.0. The van der Waals surface area contributed by atoms with E-state index in [2.05, 4.69) is 19.8 Å². The number of pyridine rings is 1. The van der Waals surface area contributed by atoms with E-state index in [1.165, 1.54) is 6.07 Å². The molecule has 0 aliphatic rings. The monoisotopic (exact) mass is 428 g/mol. The van der Waals surface area contributed by atoms with Gasteiger partial charge in [0.2, 0.25) is 11.7 Å². The van der Waals surface area contributed by atoms with Crippen LogP contribution in [0.15, 0.2) is 76.4 Å². The van der Waals surface area contributed by atoms with Gasteiger partial charge in [0, 0.05) is 18.0 Å². The number of halogens is 2. The molecule has 0 saturated carbocycles. The van der Waals surface area contributed by atoms with Crippen LogP contribution in [-0.4, -0.2) is 23.5 Å². The van der Waals surface area contributed by atoms with Gasteiger partial charge in [-0.3, -0.25) is 9.71 Å². The Labute approximate surface area is 170 Å². The second kappa shape index (κ2) is 7.99. The molecular weight excluding hydrogens is 414 g/mol. The quantitative estimate of drug-likeness (QED) is 0.502. The van der Waals surface area contributed by atoms with Gasteiger partial charge in [-0.05, 0) is 35.9 Å². The molecule has 0 aliphatic carbocycles. The fourth-order valence-electron chi connectivity index (χ4n) is 2.82. The topological polar surface area (TPSA) is 98.0 Å². The van der Waals surface area contributed by atoms with Crippen LogP contribution in [0.4, 0.5) is 14.5 Å². The van der Waals surface area contributed by atoms with Crippen LogP contribution >= 0.6 is 0 Å². The summed E-state index contributed by atoms with van der Waals surface area (Å²) in [4.78, 5) is 7.18. The molecule has 4 aromatic rings. The number of para-hydroxylation sites is 1. The molecule has 0 atom stereocenters. The molecule has 2 aromatic heterocycles. The van der Waals surface area contributed by atoms with Crippen LogP contribution in [0, 0.1) is 11.6 Å². The van der Waals surface area contributed by atoms with Crippen LogP contribution in [0.2, 0.25) is 0 Å². The van der Waals surface area contributed by atoms with Crippen LogP contribution in [0.5, 0.6) is 0 Å². The molecule has 10 heteroatoms. The Morgan fingerprint density at radius 1 is 0.933 bits per heavy atom. The number of hydrogen-bond acceptors (Lipinski definition) is 6. The fourth-order valence-corrected chi connectivity index (χ4v) is 4.06. The Morgan fingerprint density at radius 3 is 2.37 bits per heavy atom. The van der Waals surface area contributed by atoms with Crippen LogP contribution in [0.3, 0.4) is 0 Å². The number of nitrogens with one attached hydrogen (secondary N) is 1. The van der Waals surface area contributed by atoms with Crippen molar-refractivity contribution in [3.05, 3.63) is 90.1 Å². The van der Waals surface area contributed by atoms with E-state index < -0.39 is 26.6 Å². The Morgan fingerprint density at radius 2 is 1.63 bits per heavy atom. The smallest absolute Gasteiger partial charge is 0.267 e. The SMILES string of the molecule is O=S(=O)(Nc1ccccc1Cc1nc(-c2ccncc2)no1)c1c(F)cccc1F. The van der Waals surface area contributed by atoms with Gasteiger partial charge in [-0.15, -0.1) is 0 Å². The normalized spacial score (nSPS) is 11.4. The van der Waals surface area contributed by atoms with Crippen LogP contribution in [0.1, 0.15) is 11.5 Å². The highest BCUT2D eigenvalue weighted by Gasteiger charge is 2.25. The lowest BCUT2D eigenvalue weighted by molar-refractivity contribution is 0.386. The number of hydrogen-bond donors (Lipinski definition) is 1. The van der Waals surface area contributed by atoms with Gasteiger partial charge in [0.1, 0.15) is 11.6 Å². The van der Waals surface area contributed by atoms with E-state index in [0.29, 0.717) is 17.0 Å². The molecule has 30 heavy (non-hydrogen) atoms. The van der Waals surface area contributed by atoms with Crippen LogP contribution in [0.25, 0.3) is 11.4 Å². The van der Waals surface area contributed by atoms with Crippen molar-refractivity contribution in [2.75, 3.05) is 4.72 Å². The van der Waals surface area contributed by atoms with E-state index in [0.717, 1.165) is 18.2 Å². The molecule has 0 aliphatic heterocycles. The van der Waals surface area contributed by atoms with Crippen molar-refractivity contribution in [3.8, 4) is 11.4 Å². The molecule has 0 saturated heterocycles. The summed E-state index contributed by atoms with van der Waals surface area (Å²) in [7, 11) is -4.50. The number of anilines is 1. The van der Waals surface area contributed by atoms with E-state index in [1.54, 1.807) is 42.7 Å². The highest BCUT2D eigenvalue weighted by atomic mass is 32.2. The largest absolute Gasteiger partial charge is 0.339 e. The minimum Gasteiger partial charge on any atom is -0.339 e. The maximum Gasteiger partial charge on any atom is 0.267 e. The van der Waals surface area contributed by atoms with Gasteiger partial charge in [0.05, 0.1) is 12.1 Å². The summed E-state index contributed by atoms with van der Waals surface area (Å²) in [6.45, 7) is 0. The third-order valence-corrected chi connectivity index (χ3v) is 5.61. The fraction of sp³-hybridized carbons (Fsp3) is 0.0500. The first kappa shape index (κ1) is 19.6. The van der Waals surface area contributed by atoms with Gasteiger partial charge in [0.15, 0.2) is 4.90 Å². The summed E-state index contributed by atoms with van der Waals surface area (Å²) >= 11 is 0. The highest BCUT2D eigenvalue weighted by molar-refractivity contribution is 7.92. The summed E-state index contributed by atoms with van der Waals surface area (Å²) in [5, 5.41) is 3.91. The predicted molar refractivity (Wildman–Crippen MR) is 104 cm³/mol. The van der Waals surface area contributed by atoms with Crippen molar-refractivity contribution in [3.63, 3.8) is 0 Å². The number of benzene rings is 2. The zero-order chi connectivity index (χ0) is 21.1. The lowest BCUT2D eigenvalue weighted by Gasteiger charge is -2.12. The number of aromatic nitrogens is 3. The molecule has 152 valence electrons. The van der Waals surface area contributed by atoms with Crippen molar-refractivity contribution in [2.24, 2.45) is 0 Å². The molecule has 0 bridgehead atoms. The van der Waals surface area contributed by atoms with Gasteiger partial charge in [-0.2, -0.15) is 4.98 Å². The Kier molecular flexibility index (Phi) is 5.23. The summed E-state index contributed by atoms with van der Waals surface area (Å²) < 4.78 is 60.6. The molecule has 0 unspecified atom stereocenters. The zero-order valence-corrected chi connectivity index (χ0v) is 16.1. The minimum atomic E-state index is -4.50. The maximum atomic E-state index is 14.0. The second-order valence-corrected chi connectivity index (χ2v) is 7.86. The van der Waals surface area contributed by atoms with Crippen LogP contribution < -0.4 is 4.72 Å². The lowest BCUT2D eigenvalue weighted by Crippen LogP contribution is -2.17. The van der Waals surface area contributed by atoms with Crippen LogP contribution in [-0.2, 0) is 16.4 Å². The standard InChI is InChI=1S/C20H14F2N4O3S/c21-15-5-3-6-16(22)19(15)30(27,28)26-17-7-2-1-4-14(17)12-18-24-20(25-29-18)13-8-10-23-11-9-13/h1-11,26H,12H2.